The first kappa shape index (κ1) is 19.9. The highest BCUT2D eigenvalue weighted by atomic mass is 32.1. The first-order chi connectivity index (χ1) is 15.0. The van der Waals surface area contributed by atoms with Crippen LogP contribution in [0.4, 0.5) is 5.13 Å². The van der Waals surface area contributed by atoms with Crippen LogP contribution in [-0.2, 0) is 23.2 Å². The summed E-state index contributed by atoms with van der Waals surface area (Å²) in [7, 11) is 1.69. The Labute approximate surface area is 182 Å². The summed E-state index contributed by atoms with van der Waals surface area (Å²) >= 11 is 1.39. The van der Waals surface area contributed by atoms with Gasteiger partial charge in [0.1, 0.15) is 12.4 Å². The number of carbonyl (C=O) groups excluding carboxylic acids is 2. The number of nitrogens with one attached hydrogen (secondary N) is 1. The fourth-order valence-corrected chi connectivity index (χ4v) is 5.01. The minimum Gasteiger partial charge on any atom is -0.342 e. The van der Waals surface area contributed by atoms with Crippen molar-refractivity contribution in [1.82, 2.24) is 24.2 Å². The number of thiazole rings is 1. The number of para-hydroxylation sites is 1. The van der Waals surface area contributed by atoms with E-state index in [-0.39, 0.29) is 35.9 Å². The number of benzene rings is 1. The van der Waals surface area contributed by atoms with Crippen LogP contribution < -0.4 is 11.0 Å². The molecular weight excluding hydrogens is 416 g/mol. The molecule has 2 aromatic heterocycles. The van der Waals surface area contributed by atoms with Crippen LogP contribution in [0.2, 0.25) is 0 Å². The van der Waals surface area contributed by atoms with Gasteiger partial charge in [-0.1, -0.05) is 23.5 Å². The van der Waals surface area contributed by atoms with Gasteiger partial charge in [-0.25, -0.2) is 14.5 Å². The normalized spacial score (nSPS) is 17.3. The molecular formula is C21H24N6O3S. The predicted molar refractivity (Wildman–Crippen MR) is 117 cm³/mol. The largest absolute Gasteiger partial charge is 0.346 e. The maximum atomic E-state index is 12.6. The second kappa shape index (κ2) is 7.92. The Hall–Kier alpha value is -3.01. The molecule has 0 bridgehead atoms. The molecule has 3 aromatic rings. The third-order valence-electron chi connectivity index (χ3n) is 6.01. The van der Waals surface area contributed by atoms with Crippen molar-refractivity contribution in [3.8, 4) is 0 Å². The van der Waals surface area contributed by atoms with Gasteiger partial charge in [-0.3, -0.25) is 14.2 Å². The van der Waals surface area contributed by atoms with Crippen LogP contribution in [0, 0.1) is 5.92 Å². The third-order valence-corrected chi connectivity index (χ3v) is 6.96. The molecule has 1 N–H and O–H groups in total. The zero-order valence-corrected chi connectivity index (χ0v) is 18.1. The molecule has 3 heterocycles. The molecule has 2 aliphatic rings. The van der Waals surface area contributed by atoms with E-state index in [1.54, 1.807) is 7.05 Å². The zero-order valence-electron chi connectivity index (χ0n) is 17.3. The van der Waals surface area contributed by atoms with Crippen LogP contribution in [0.25, 0.3) is 10.2 Å². The standard InChI is InChI=1S/C21H24N6O3S/c1-25-18(13-8-10-26(11-9-13)19(29)14-6-7-14)24-27(21(25)30)12-17(28)23-20-22-15-4-2-3-5-16(15)31-20/h2-5,13-14H,6-12H2,1H3,(H,22,23,28). The Kier molecular flexibility index (Phi) is 5.09. The first-order valence-corrected chi connectivity index (χ1v) is 11.4. The summed E-state index contributed by atoms with van der Waals surface area (Å²) in [5.74, 6) is 0.944. The van der Waals surface area contributed by atoms with Crippen LogP contribution in [0.1, 0.15) is 37.4 Å². The highest BCUT2D eigenvalue weighted by Crippen LogP contribution is 2.34. The Balaban J connectivity index is 1.24. The molecule has 0 unspecified atom stereocenters. The molecule has 10 heteroatoms. The maximum Gasteiger partial charge on any atom is 0.346 e. The molecule has 1 aliphatic heterocycles. The van der Waals surface area contributed by atoms with Crippen LogP contribution in [0.3, 0.4) is 0 Å². The second-order valence-electron chi connectivity index (χ2n) is 8.27. The number of nitrogens with zero attached hydrogens (tertiary/aromatic N) is 5. The number of hydrogen-bond acceptors (Lipinski definition) is 6. The third kappa shape index (κ3) is 3.99. The number of likely N-dealkylation sites (tertiary alicyclic amines) is 1. The summed E-state index contributed by atoms with van der Waals surface area (Å²) in [6.07, 6.45) is 3.58. The molecule has 0 spiro atoms. The number of carbonyl (C=O) groups is 2. The Bertz CT molecular complexity index is 1170. The maximum absolute atomic E-state index is 12.6. The predicted octanol–water partition coefficient (Wildman–Crippen LogP) is 1.95. The fraction of sp³-hybridized carbons (Fsp3) is 0.476. The van der Waals surface area contributed by atoms with Gasteiger partial charge in [-0.15, -0.1) is 0 Å². The smallest absolute Gasteiger partial charge is 0.342 e. The lowest BCUT2D eigenvalue weighted by Gasteiger charge is -2.31. The van der Waals surface area contributed by atoms with Crippen molar-refractivity contribution in [2.24, 2.45) is 13.0 Å². The van der Waals surface area contributed by atoms with Crippen molar-refractivity contribution in [3.05, 3.63) is 40.6 Å². The van der Waals surface area contributed by atoms with Gasteiger partial charge in [0, 0.05) is 32.0 Å². The van der Waals surface area contributed by atoms with E-state index >= 15 is 0 Å². The molecule has 1 aromatic carbocycles. The van der Waals surface area contributed by atoms with Gasteiger partial charge < -0.3 is 10.2 Å². The van der Waals surface area contributed by atoms with Gasteiger partial charge in [0.25, 0.3) is 0 Å². The number of fused-ring (bicyclic) bond motifs is 1. The van der Waals surface area contributed by atoms with Crippen molar-refractivity contribution in [2.75, 3.05) is 18.4 Å². The lowest BCUT2D eigenvalue weighted by atomic mass is 9.95. The van der Waals surface area contributed by atoms with Crippen molar-refractivity contribution in [3.63, 3.8) is 0 Å². The second-order valence-corrected chi connectivity index (χ2v) is 9.30. The van der Waals surface area contributed by atoms with Crippen LogP contribution in [0.5, 0.6) is 0 Å². The van der Waals surface area contributed by atoms with Gasteiger partial charge in [-0.05, 0) is 37.8 Å². The molecule has 5 rings (SSSR count). The number of aromatic nitrogens is 4. The van der Waals surface area contributed by atoms with E-state index in [0.717, 1.165) is 35.9 Å². The molecule has 162 valence electrons. The molecule has 2 fully saturated rings. The minimum atomic E-state index is -0.337. The quantitative estimate of drug-likeness (QED) is 0.653. The highest BCUT2D eigenvalue weighted by molar-refractivity contribution is 7.22. The lowest BCUT2D eigenvalue weighted by molar-refractivity contribution is -0.133. The molecule has 31 heavy (non-hydrogen) atoms. The van der Waals surface area contributed by atoms with E-state index in [0.29, 0.717) is 24.0 Å². The monoisotopic (exact) mass is 440 g/mol. The summed E-state index contributed by atoms with van der Waals surface area (Å²) in [5.41, 5.74) is 0.512. The van der Waals surface area contributed by atoms with E-state index in [9.17, 15) is 14.4 Å². The van der Waals surface area contributed by atoms with Crippen LogP contribution in [0.15, 0.2) is 29.1 Å². The molecule has 2 amide bonds. The summed E-state index contributed by atoms with van der Waals surface area (Å²) in [6, 6.07) is 7.66. The zero-order chi connectivity index (χ0) is 21.5. The Morgan fingerprint density at radius 3 is 2.61 bits per heavy atom. The van der Waals surface area contributed by atoms with Gasteiger partial charge in [-0.2, -0.15) is 5.10 Å². The van der Waals surface area contributed by atoms with Gasteiger partial charge in [0.2, 0.25) is 11.8 Å². The van der Waals surface area contributed by atoms with E-state index < -0.39 is 0 Å². The summed E-state index contributed by atoms with van der Waals surface area (Å²) in [5, 5.41) is 7.73. The van der Waals surface area contributed by atoms with E-state index in [1.165, 1.54) is 20.6 Å². The molecule has 0 atom stereocenters. The van der Waals surface area contributed by atoms with Crippen molar-refractivity contribution < 1.29 is 9.59 Å². The molecule has 1 aliphatic carbocycles. The minimum absolute atomic E-state index is 0.106. The number of amides is 2. The average Bonchev–Trinajstić information content (AvgIpc) is 3.49. The Morgan fingerprint density at radius 1 is 1.16 bits per heavy atom. The molecule has 9 nitrogen and oxygen atoms in total. The molecule has 1 saturated carbocycles. The van der Waals surface area contributed by atoms with E-state index in [2.05, 4.69) is 15.4 Å². The SMILES string of the molecule is Cn1c(C2CCN(C(=O)C3CC3)CC2)nn(CC(=O)Nc2nc3ccccc3s2)c1=O. The topological polar surface area (TPSA) is 102 Å². The Morgan fingerprint density at radius 2 is 1.90 bits per heavy atom. The van der Waals surface area contributed by atoms with Crippen LogP contribution >= 0.6 is 11.3 Å². The lowest BCUT2D eigenvalue weighted by Crippen LogP contribution is -2.39. The van der Waals surface area contributed by atoms with Crippen molar-refractivity contribution in [2.45, 2.75) is 38.1 Å². The number of hydrogen-bond donors (Lipinski definition) is 1. The summed E-state index contributed by atoms with van der Waals surface area (Å²) in [6.45, 7) is 1.22. The molecule has 0 radical (unpaired) electrons. The number of anilines is 1. The highest BCUT2D eigenvalue weighted by Gasteiger charge is 2.36. The molecule has 1 saturated heterocycles. The number of rotatable bonds is 5. The summed E-state index contributed by atoms with van der Waals surface area (Å²) in [4.78, 5) is 43.7. The average molecular weight is 441 g/mol. The first-order valence-electron chi connectivity index (χ1n) is 10.6. The number of piperidine rings is 1. The summed E-state index contributed by atoms with van der Waals surface area (Å²) < 4.78 is 3.72. The van der Waals surface area contributed by atoms with Gasteiger partial charge in [0.15, 0.2) is 5.13 Å². The van der Waals surface area contributed by atoms with E-state index in [4.69, 9.17) is 0 Å². The van der Waals surface area contributed by atoms with Crippen molar-refractivity contribution in [1.29, 1.82) is 0 Å². The van der Waals surface area contributed by atoms with Crippen LogP contribution in [-0.4, -0.2) is 49.1 Å². The van der Waals surface area contributed by atoms with Gasteiger partial charge >= 0.3 is 5.69 Å². The van der Waals surface area contributed by atoms with E-state index in [1.807, 2.05) is 29.2 Å². The van der Waals surface area contributed by atoms with Gasteiger partial charge in [0.05, 0.1) is 10.2 Å². The fourth-order valence-electron chi connectivity index (χ4n) is 4.13. The van der Waals surface area contributed by atoms with Crippen molar-refractivity contribution >= 4 is 38.5 Å².